The summed E-state index contributed by atoms with van der Waals surface area (Å²) in [6.07, 6.45) is 1.54. The van der Waals surface area contributed by atoms with E-state index >= 15 is 0 Å². The fraction of sp³-hybridized carbons (Fsp3) is 0.0526. The summed E-state index contributed by atoms with van der Waals surface area (Å²) in [5, 5.41) is 11.4. The Balaban J connectivity index is 2.15. The number of methoxy groups -OCH3 is 1. The van der Waals surface area contributed by atoms with Crippen LogP contribution >= 0.6 is 0 Å². The summed E-state index contributed by atoms with van der Waals surface area (Å²) < 4.78 is 5.06. The van der Waals surface area contributed by atoms with Gasteiger partial charge in [-0.1, -0.05) is 18.2 Å². The first kappa shape index (κ1) is 17.1. The number of nitrogens with zero attached hydrogens (tertiary/aromatic N) is 2. The van der Waals surface area contributed by atoms with E-state index < -0.39 is 10.8 Å². The molecule has 2 N–H and O–H groups in total. The number of carbonyl (C=O) groups excluding carboxylic acids is 1. The van der Waals surface area contributed by atoms with Crippen molar-refractivity contribution >= 4 is 11.6 Å². The zero-order valence-electron chi connectivity index (χ0n) is 13.9. The highest BCUT2D eigenvalue weighted by Gasteiger charge is 2.18. The van der Waals surface area contributed by atoms with Crippen molar-refractivity contribution in [3.05, 3.63) is 76.5 Å². The summed E-state index contributed by atoms with van der Waals surface area (Å²) >= 11 is 0. The number of nitro benzene ring substituents is 1. The van der Waals surface area contributed by atoms with Crippen LogP contribution < -0.4 is 10.5 Å². The van der Waals surface area contributed by atoms with E-state index in [0.717, 1.165) is 0 Å². The van der Waals surface area contributed by atoms with E-state index in [9.17, 15) is 14.9 Å². The first-order chi connectivity index (χ1) is 12.5. The molecule has 130 valence electrons. The molecule has 0 saturated heterocycles. The number of ether oxygens (including phenoxy) is 1. The quantitative estimate of drug-likeness (QED) is 0.561. The van der Waals surface area contributed by atoms with Gasteiger partial charge < -0.3 is 10.5 Å². The molecular weight excluding hydrogens is 334 g/mol. The highest BCUT2D eigenvalue weighted by Crippen LogP contribution is 2.34. The molecule has 1 aromatic heterocycles. The second kappa shape index (κ2) is 7.02. The number of pyridine rings is 1. The van der Waals surface area contributed by atoms with Crippen molar-refractivity contribution in [3.63, 3.8) is 0 Å². The maximum atomic E-state index is 11.7. The molecule has 0 bridgehead atoms. The van der Waals surface area contributed by atoms with Crippen molar-refractivity contribution < 1.29 is 14.5 Å². The average molecular weight is 349 g/mol. The molecule has 0 aliphatic rings. The second-order valence-corrected chi connectivity index (χ2v) is 5.48. The third kappa shape index (κ3) is 3.23. The predicted octanol–water partition coefficient (Wildman–Crippen LogP) is 3.43. The largest absolute Gasteiger partial charge is 0.497 e. The topological polar surface area (TPSA) is 108 Å². The van der Waals surface area contributed by atoms with Crippen LogP contribution in [0.1, 0.15) is 10.4 Å². The maximum Gasteiger partial charge on any atom is 0.280 e. The van der Waals surface area contributed by atoms with Crippen LogP contribution in [-0.4, -0.2) is 22.9 Å². The minimum absolute atomic E-state index is 0.0790. The molecule has 0 aliphatic carbocycles. The maximum absolute atomic E-state index is 11.7. The Hall–Kier alpha value is -3.74. The molecular formula is C19H15N3O4. The molecule has 7 nitrogen and oxygen atoms in total. The standard InChI is InChI=1S/C19H15N3O4/c1-26-13-6-7-14(18(11-13)22(24)25)12-8-9-21-17(10-12)15-4-2-3-5-16(15)19(20)23/h2-11H,1H3,(H2,20,23). The van der Waals surface area contributed by atoms with Crippen molar-refractivity contribution in [2.75, 3.05) is 7.11 Å². The van der Waals surface area contributed by atoms with Crippen LogP contribution in [0.3, 0.4) is 0 Å². The number of amides is 1. The Kier molecular flexibility index (Phi) is 4.62. The lowest BCUT2D eigenvalue weighted by molar-refractivity contribution is -0.384. The van der Waals surface area contributed by atoms with Crippen LogP contribution in [-0.2, 0) is 0 Å². The first-order valence-electron chi connectivity index (χ1n) is 7.69. The number of nitro groups is 1. The van der Waals surface area contributed by atoms with Gasteiger partial charge >= 0.3 is 0 Å². The lowest BCUT2D eigenvalue weighted by Crippen LogP contribution is -2.12. The summed E-state index contributed by atoms with van der Waals surface area (Å²) in [6, 6.07) is 14.8. The van der Waals surface area contributed by atoms with E-state index in [1.165, 1.54) is 19.4 Å². The summed E-state index contributed by atoms with van der Waals surface area (Å²) in [7, 11) is 1.45. The molecule has 0 spiro atoms. The Labute approximate surface area is 149 Å². The fourth-order valence-corrected chi connectivity index (χ4v) is 2.70. The van der Waals surface area contributed by atoms with Crippen LogP contribution in [0.5, 0.6) is 5.75 Å². The number of primary amides is 1. The number of rotatable bonds is 5. The van der Waals surface area contributed by atoms with E-state index in [1.807, 2.05) is 0 Å². The number of nitrogens with two attached hydrogens (primary N) is 1. The minimum atomic E-state index is -0.566. The molecule has 1 heterocycles. The first-order valence-corrected chi connectivity index (χ1v) is 7.69. The Morgan fingerprint density at radius 1 is 1.12 bits per heavy atom. The predicted molar refractivity (Wildman–Crippen MR) is 96.8 cm³/mol. The highest BCUT2D eigenvalue weighted by atomic mass is 16.6. The Morgan fingerprint density at radius 2 is 1.88 bits per heavy atom. The van der Waals surface area contributed by atoms with Gasteiger partial charge in [-0.2, -0.15) is 0 Å². The minimum Gasteiger partial charge on any atom is -0.497 e. The molecule has 0 fully saturated rings. The summed E-state index contributed by atoms with van der Waals surface area (Å²) in [5.74, 6) is -0.169. The molecule has 0 saturated carbocycles. The zero-order valence-corrected chi connectivity index (χ0v) is 13.9. The Morgan fingerprint density at radius 3 is 2.58 bits per heavy atom. The monoisotopic (exact) mass is 349 g/mol. The van der Waals surface area contributed by atoms with Gasteiger partial charge in [-0.3, -0.25) is 19.9 Å². The van der Waals surface area contributed by atoms with Crippen LogP contribution in [0.15, 0.2) is 60.8 Å². The SMILES string of the molecule is COc1ccc(-c2ccnc(-c3ccccc3C(N)=O)c2)c([N+](=O)[O-])c1. The lowest BCUT2D eigenvalue weighted by Gasteiger charge is -2.09. The molecule has 2 aromatic carbocycles. The highest BCUT2D eigenvalue weighted by molar-refractivity contribution is 5.99. The number of benzene rings is 2. The van der Waals surface area contributed by atoms with E-state index in [0.29, 0.717) is 33.7 Å². The molecule has 0 unspecified atom stereocenters. The van der Waals surface area contributed by atoms with Gasteiger partial charge in [0.15, 0.2) is 0 Å². The van der Waals surface area contributed by atoms with E-state index in [2.05, 4.69) is 4.98 Å². The molecule has 3 aromatic rings. The van der Waals surface area contributed by atoms with Crippen LogP contribution in [0.25, 0.3) is 22.4 Å². The van der Waals surface area contributed by atoms with E-state index in [1.54, 1.807) is 48.5 Å². The fourth-order valence-electron chi connectivity index (χ4n) is 2.70. The molecule has 7 heteroatoms. The molecule has 0 radical (unpaired) electrons. The van der Waals surface area contributed by atoms with Gasteiger partial charge in [0, 0.05) is 17.3 Å². The molecule has 0 aliphatic heterocycles. The van der Waals surface area contributed by atoms with Crippen LogP contribution in [0, 0.1) is 10.1 Å². The van der Waals surface area contributed by atoms with Crippen molar-refractivity contribution in [1.29, 1.82) is 0 Å². The normalized spacial score (nSPS) is 10.3. The van der Waals surface area contributed by atoms with Crippen LogP contribution in [0.2, 0.25) is 0 Å². The van der Waals surface area contributed by atoms with Crippen LogP contribution in [0.4, 0.5) is 5.69 Å². The van der Waals surface area contributed by atoms with Crippen molar-refractivity contribution in [3.8, 4) is 28.1 Å². The Bertz CT molecular complexity index is 1000. The third-order valence-electron chi connectivity index (χ3n) is 3.94. The van der Waals surface area contributed by atoms with Gasteiger partial charge in [-0.05, 0) is 35.9 Å². The van der Waals surface area contributed by atoms with E-state index in [-0.39, 0.29) is 5.69 Å². The number of hydrogen-bond acceptors (Lipinski definition) is 5. The van der Waals surface area contributed by atoms with Gasteiger partial charge in [0.05, 0.1) is 29.4 Å². The van der Waals surface area contributed by atoms with Crippen molar-refractivity contribution in [1.82, 2.24) is 4.98 Å². The lowest BCUT2D eigenvalue weighted by atomic mass is 9.99. The summed E-state index contributed by atoms with van der Waals surface area (Å²) in [6.45, 7) is 0. The van der Waals surface area contributed by atoms with Gasteiger partial charge in [0.1, 0.15) is 5.75 Å². The smallest absolute Gasteiger partial charge is 0.280 e. The van der Waals surface area contributed by atoms with Gasteiger partial charge in [-0.15, -0.1) is 0 Å². The molecule has 3 rings (SSSR count). The third-order valence-corrected chi connectivity index (χ3v) is 3.94. The van der Waals surface area contributed by atoms with Gasteiger partial charge in [0.25, 0.3) is 5.69 Å². The number of aromatic nitrogens is 1. The van der Waals surface area contributed by atoms with Gasteiger partial charge in [0.2, 0.25) is 5.91 Å². The number of carbonyl (C=O) groups is 1. The summed E-state index contributed by atoms with van der Waals surface area (Å²) in [4.78, 5) is 26.9. The zero-order chi connectivity index (χ0) is 18.7. The average Bonchev–Trinajstić information content (AvgIpc) is 2.67. The molecule has 26 heavy (non-hydrogen) atoms. The number of hydrogen-bond donors (Lipinski definition) is 1. The van der Waals surface area contributed by atoms with E-state index in [4.69, 9.17) is 10.5 Å². The van der Waals surface area contributed by atoms with Gasteiger partial charge in [-0.25, -0.2) is 0 Å². The second-order valence-electron chi connectivity index (χ2n) is 5.48. The van der Waals surface area contributed by atoms with Crippen molar-refractivity contribution in [2.24, 2.45) is 5.73 Å². The summed E-state index contributed by atoms with van der Waals surface area (Å²) in [5.41, 5.74) is 7.78. The molecule has 1 amide bonds. The molecule has 0 atom stereocenters. The van der Waals surface area contributed by atoms with Crippen molar-refractivity contribution in [2.45, 2.75) is 0 Å².